The topological polar surface area (TPSA) is 93.7 Å². The number of nitrogens with zero attached hydrogens (tertiary/aromatic N) is 2. The summed E-state index contributed by atoms with van der Waals surface area (Å²) >= 11 is 6.16. The standard InChI is InChI=1S/C24H15ClN2O5/c1-13-8-9-19-18(10-13)22(28)20-21(14-4-2-7-17(11-14)27(30)31)26(24(29)23(20)32-19)16-6-3-5-15(25)12-16/h2-12,21H,1H3. The summed E-state index contributed by atoms with van der Waals surface area (Å²) in [4.78, 5) is 39.3. The minimum Gasteiger partial charge on any atom is -0.450 e. The van der Waals surface area contributed by atoms with Crippen LogP contribution in [0.15, 0.2) is 75.9 Å². The van der Waals surface area contributed by atoms with E-state index in [1.54, 1.807) is 48.5 Å². The number of nitro groups is 1. The molecular weight excluding hydrogens is 432 g/mol. The predicted octanol–water partition coefficient (Wildman–Crippen LogP) is 5.41. The second-order valence-electron chi connectivity index (χ2n) is 7.58. The van der Waals surface area contributed by atoms with Crippen molar-refractivity contribution in [3.05, 3.63) is 115 Å². The van der Waals surface area contributed by atoms with Gasteiger partial charge in [0.1, 0.15) is 5.58 Å². The van der Waals surface area contributed by atoms with Crippen molar-refractivity contribution in [1.29, 1.82) is 0 Å². The Morgan fingerprint density at radius 3 is 2.56 bits per heavy atom. The molecule has 1 atom stereocenters. The fourth-order valence-electron chi connectivity index (χ4n) is 4.10. The average molecular weight is 447 g/mol. The average Bonchev–Trinajstić information content (AvgIpc) is 3.07. The zero-order chi connectivity index (χ0) is 22.6. The Labute approximate surface area is 186 Å². The van der Waals surface area contributed by atoms with E-state index in [-0.39, 0.29) is 22.4 Å². The number of non-ortho nitro benzene ring substituents is 1. The van der Waals surface area contributed by atoms with Crippen LogP contribution in [0.4, 0.5) is 11.4 Å². The summed E-state index contributed by atoms with van der Waals surface area (Å²) in [5, 5.41) is 12.1. The first-order chi connectivity index (χ1) is 15.3. The molecule has 2 heterocycles. The van der Waals surface area contributed by atoms with Crippen LogP contribution in [0.5, 0.6) is 0 Å². The highest BCUT2D eigenvalue weighted by Crippen LogP contribution is 2.42. The Morgan fingerprint density at radius 2 is 1.81 bits per heavy atom. The van der Waals surface area contributed by atoms with Gasteiger partial charge in [0, 0.05) is 22.8 Å². The molecule has 0 spiro atoms. The molecule has 32 heavy (non-hydrogen) atoms. The van der Waals surface area contributed by atoms with Gasteiger partial charge in [0.2, 0.25) is 5.76 Å². The van der Waals surface area contributed by atoms with Crippen LogP contribution >= 0.6 is 11.6 Å². The molecule has 7 nitrogen and oxygen atoms in total. The minimum absolute atomic E-state index is 0.0807. The van der Waals surface area contributed by atoms with Crippen molar-refractivity contribution in [1.82, 2.24) is 0 Å². The SMILES string of the molecule is Cc1ccc2oc3c(c(=O)c2c1)C(c1cccc([N+](=O)[O-])c1)N(c1cccc(Cl)c1)C3=O. The molecule has 158 valence electrons. The summed E-state index contributed by atoms with van der Waals surface area (Å²) < 4.78 is 5.91. The number of nitro benzene ring substituents is 1. The number of anilines is 1. The van der Waals surface area contributed by atoms with Gasteiger partial charge in [-0.3, -0.25) is 24.6 Å². The summed E-state index contributed by atoms with van der Waals surface area (Å²) in [5.41, 5.74) is 1.70. The van der Waals surface area contributed by atoms with Gasteiger partial charge in [0.25, 0.3) is 11.6 Å². The lowest BCUT2D eigenvalue weighted by Crippen LogP contribution is -2.29. The van der Waals surface area contributed by atoms with Crippen LogP contribution < -0.4 is 10.3 Å². The molecule has 0 N–H and O–H groups in total. The number of rotatable bonds is 3. The number of fused-ring (bicyclic) bond motifs is 2. The fraction of sp³-hybridized carbons (Fsp3) is 0.0833. The summed E-state index contributed by atoms with van der Waals surface area (Å²) in [6, 6.07) is 16.8. The molecule has 0 fully saturated rings. The fourth-order valence-corrected chi connectivity index (χ4v) is 4.29. The number of hydrogen-bond donors (Lipinski definition) is 0. The van der Waals surface area contributed by atoms with Gasteiger partial charge in [-0.25, -0.2) is 0 Å². The highest BCUT2D eigenvalue weighted by atomic mass is 35.5. The molecule has 0 bridgehead atoms. The summed E-state index contributed by atoms with van der Waals surface area (Å²) in [7, 11) is 0. The maximum Gasteiger partial charge on any atom is 0.295 e. The lowest BCUT2D eigenvalue weighted by molar-refractivity contribution is -0.384. The van der Waals surface area contributed by atoms with Crippen LogP contribution in [0, 0.1) is 17.0 Å². The third kappa shape index (κ3) is 3.06. The summed E-state index contributed by atoms with van der Waals surface area (Å²) in [5.74, 6) is -0.596. The molecule has 0 saturated carbocycles. The van der Waals surface area contributed by atoms with E-state index in [0.29, 0.717) is 27.2 Å². The van der Waals surface area contributed by atoms with E-state index in [9.17, 15) is 19.7 Å². The molecule has 3 aromatic carbocycles. The number of carbonyl (C=O) groups excluding carboxylic acids is 1. The van der Waals surface area contributed by atoms with Crippen LogP contribution in [-0.4, -0.2) is 10.8 Å². The van der Waals surface area contributed by atoms with Crippen molar-refractivity contribution >= 4 is 39.9 Å². The number of carbonyl (C=O) groups is 1. The first kappa shape index (κ1) is 20.0. The van der Waals surface area contributed by atoms with Gasteiger partial charge in [0.05, 0.1) is 21.9 Å². The molecule has 1 aliphatic rings. The molecule has 0 radical (unpaired) electrons. The van der Waals surface area contributed by atoms with Crippen molar-refractivity contribution in [2.24, 2.45) is 0 Å². The Kier molecular flexibility index (Phi) is 4.56. The number of hydrogen-bond acceptors (Lipinski definition) is 5. The quantitative estimate of drug-likeness (QED) is 0.309. The van der Waals surface area contributed by atoms with Crippen molar-refractivity contribution in [2.75, 3.05) is 4.90 Å². The molecule has 1 unspecified atom stereocenters. The second-order valence-corrected chi connectivity index (χ2v) is 8.02. The first-order valence-electron chi connectivity index (χ1n) is 9.76. The maximum atomic E-state index is 13.6. The lowest BCUT2D eigenvalue weighted by atomic mass is 9.97. The third-order valence-corrected chi connectivity index (χ3v) is 5.74. The zero-order valence-corrected chi connectivity index (χ0v) is 17.5. The van der Waals surface area contributed by atoms with Crippen molar-refractivity contribution < 1.29 is 14.1 Å². The highest BCUT2D eigenvalue weighted by Gasteiger charge is 2.44. The van der Waals surface area contributed by atoms with Gasteiger partial charge in [-0.2, -0.15) is 0 Å². The maximum absolute atomic E-state index is 13.6. The Hall–Kier alpha value is -3.97. The van der Waals surface area contributed by atoms with Crippen LogP contribution in [0.25, 0.3) is 11.0 Å². The number of halogens is 1. The summed E-state index contributed by atoms with van der Waals surface area (Å²) in [6.45, 7) is 1.85. The van der Waals surface area contributed by atoms with E-state index in [0.717, 1.165) is 5.56 Å². The van der Waals surface area contributed by atoms with Crippen LogP contribution in [0.2, 0.25) is 5.02 Å². The largest absolute Gasteiger partial charge is 0.450 e. The normalized spacial score (nSPS) is 15.2. The van der Waals surface area contributed by atoms with E-state index in [1.165, 1.54) is 23.1 Å². The van der Waals surface area contributed by atoms with Gasteiger partial charge < -0.3 is 4.42 Å². The monoisotopic (exact) mass is 446 g/mol. The van der Waals surface area contributed by atoms with E-state index in [4.69, 9.17) is 16.0 Å². The molecule has 8 heteroatoms. The minimum atomic E-state index is -0.906. The number of aryl methyl sites for hydroxylation is 1. The van der Waals surface area contributed by atoms with E-state index >= 15 is 0 Å². The Morgan fingerprint density at radius 1 is 1.03 bits per heavy atom. The second kappa shape index (κ2) is 7.32. The smallest absolute Gasteiger partial charge is 0.295 e. The van der Waals surface area contributed by atoms with E-state index < -0.39 is 16.9 Å². The third-order valence-electron chi connectivity index (χ3n) is 5.51. The predicted molar refractivity (Wildman–Crippen MR) is 120 cm³/mol. The molecule has 0 aliphatic carbocycles. The highest BCUT2D eigenvalue weighted by molar-refractivity contribution is 6.31. The summed E-state index contributed by atoms with van der Waals surface area (Å²) in [6.07, 6.45) is 0. The van der Waals surface area contributed by atoms with Gasteiger partial charge in [-0.05, 0) is 42.8 Å². The lowest BCUT2D eigenvalue weighted by Gasteiger charge is -2.25. The number of benzene rings is 3. The molecule has 4 aromatic rings. The van der Waals surface area contributed by atoms with E-state index in [2.05, 4.69) is 0 Å². The van der Waals surface area contributed by atoms with Gasteiger partial charge in [0.15, 0.2) is 5.43 Å². The molecular formula is C24H15ClN2O5. The zero-order valence-electron chi connectivity index (χ0n) is 16.7. The molecule has 1 aromatic heterocycles. The Balaban J connectivity index is 1.83. The first-order valence-corrected chi connectivity index (χ1v) is 10.1. The molecule has 5 rings (SSSR count). The van der Waals surface area contributed by atoms with Crippen LogP contribution in [0.1, 0.15) is 33.3 Å². The van der Waals surface area contributed by atoms with Crippen LogP contribution in [0.3, 0.4) is 0 Å². The van der Waals surface area contributed by atoms with Crippen molar-refractivity contribution in [2.45, 2.75) is 13.0 Å². The van der Waals surface area contributed by atoms with E-state index in [1.807, 2.05) is 6.92 Å². The van der Waals surface area contributed by atoms with Crippen molar-refractivity contribution in [3.63, 3.8) is 0 Å². The van der Waals surface area contributed by atoms with Gasteiger partial charge in [-0.15, -0.1) is 0 Å². The van der Waals surface area contributed by atoms with Gasteiger partial charge >= 0.3 is 0 Å². The Bertz CT molecular complexity index is 1490. The molecule has 1 aliphatic heterocycles. The molecule has 1 amide bonds. The van der Waals surface area contributed by atoms with Crippen LogP contribution in [-0.2, 0) is 0 Å². The number of amides is 1. The van der Waals surface area contributed by atoms with Gasteiger partial charge in [-0.1, -0.05) is 41.4 Å². The van der Waals surface area contributed by atoms with Crippen molar-refractivity contribution in [3.8, 4) is 0 Å². The molecule has 0 saturated heterocycles.